The number of ether oxygens (including phenoxy) is 1. The number of hydrogen-bond acceptors (Lipinski definition) is 1. The first-order valence-electron chi connectivity index (χ1n) is 3.09. The summed E-state index contributed by atoms with van der Waals surface area (Å²) < 4.78 is 43.1. The summed E-state index contributed by atoms with van der Waals surface area (Å²) in [5.74, 6) is 0.290. The number of halogens is 4. The Kier molecular flexibility index (Phi) is 3.30. The predicted octanol–water partition coefficient (Wildman–Crippen LogP) is 2.75. The Labute approximate surface area is 77.6 Å². The molecule has 0 radical (unpaired) electrons. The highest BCUT2D eigenvalue weighted by Gasteiger charge is 2.28. The van der Waals surface area contributed by atoms with E-state index < -0.39 is 12.8 Å². The van der Waals surface area contributed by atoms with Gasteiger partial charge >= 0.3 is 6.18 Å². The van der Waals surface area contributed by atoms with E-state index in [2.05, 4.69) is 4.74 Å². The van der Waals surface area contributed by atoms with Crippen molar-refractivity contribution < 1.29 is 17.9 Å². The zero-order valence-electron chi connectivity index (χ0n) is 5.94. The van der Waals surface area contributed by atoms with E-state index in [0.29, 0.717) is 5.76 Å². The molecule has 12 heavy (non-hydrogen) atoms. The molecule has 0 saturated heterocycles. The zero-order valence-corrected chi connectivity index (χ0v) is 8.09. The van der Waals surface area contributed by atoms with E-state index in [-0.39, 0.29) is 20.7 Å². The second-order valence-corrected chi connectivity index (χ2v) is 4.18. The first kappa shape index (κ1) is 9.76. The van der Waals surface area contributed by atoms with Crippen molar-refractivity contribution >= 4 is 24.7 Å². The van der Waals surface area contributed by atoms with Gasteiger partial charge in [-0.1, -0.05) is 20.7 Å². The normalized spacial score (nSPS) is 16.8. The molecular weight excluding hydrogens is 284 g/mol. The van der Waals surface area contributed by atoms with Gasteiger partial charge in [0.05, 0.1) is 0 Å². The predicted molar refractivity (Wildman–Crippen MR) is 49.3 cm³/mol. The van der Waals surface area contributed by atoms with Gasteiger partial charge in [0.2, 0.25) is 0 Å². The van der Waals surface area contributed by atoms with Gasteiger partial charge in [-0.15, -0.1) is 0 Å². The van der Waals surface area contributed by atoms with Crippen molar-refractivity contribution in [3.8, 4) is 0 Å². The minimum atomic E-state index is -4.25. The molecule has 0 aromatic carbocycles. The van der Waals surface area contributed by atoms with Crippen molar-refractivity contribution in [3.05, 3.63) is 22.0 Å². The molecule has 0 spiro atoms. The van der Waals surface area contributed by atoms with Crippen LogP contribution < -0.4 is 0 Å². The molecule has 0 bridgehead atoms. The summed E-state index contributed by atoms with van der Waals surface area (Å²) in [6.45, 7) is -1.21. The van der Waals surface area contributed by atoms with Crippen LogP contribution in [0.1, 0.15) is 0 Å². The highest BCUT2D eigenvalue weighted by atomic mass is 127. The van der Waals surface area contributed by atoms with Gasteiger partial charge in [0.1, 0.15) is 5.76 Å². The van der Waals surface area contributed by atoms with Gasteiger partial charge in [0.25, 0.3) is 0 Å². The summed E-state index contributed by atoms with van der Waals surface area (Å²) >= 11 is -0.0958. The minimum absolute atomic E-state index is 0.0958. The molecule has 0 aliphatic carbocycles. The average molecular weight is 290 g/mol. The molecule has 0 aromatic heterocycles. The maximum absolute atomic E-state index is 11.6. The molecule has 0 fully saturated rings. The number of alkyl halides is 3. The molecule has 1 rings (SSSR count). The van der Waals surface area contributed by atoms with Crippen LogP contribution in [-0.2, 0) is 4.74 Å². The van der Waals surface area contributed by atoms with Gasteiger partial charge in [0, 0.05) is 0 Å². The summed E-state index contributed by atoms with van der Waals surface area (Å²) in [5, 5.41) is 0. The summed E-state index contributed by atoms with van der Waals surface area (Å²) in [5.41, 5.74) is 0. The van der Waals surface area contributed by atoms with E-state index in [0.717, 1.165) is 0 Å². The van der Waals surface area contributed by atoms with Crippen LogP contribution in [0.5, 0.6) is 0 Å². The van der Waals surface area contributed by atoms with Crippen molar-refractivity contribution in [2.45, 2.75) is 6.18 Å². The highest BCUT2D eigenvalue weighted by Crippen LogP contribution is 2.18. The van der Waals surface area contributed by atoms with Crippen LogP contribution in [0.2, 0.25) is 0 Å². The Balaban J connectivity index is 2.38. The van der Waals surface area contributed by atoms with Crippen LogP contribution in [0.4, 0.5) is 13.2 Å². The quantitative estimate of drug-likeness (QED) is 0.711. The van der Waals surface area contributed by atoms with Crippen molar-refractivity contribution in [1.29, 1.82) is 0 Å². The van der Waals surface area contributed by atoms with Gasteiger partial charge in [-0.05, 0) is 20.2 Å². The Morgan fingerprint density at radius 3 is 2.67 bits per heavy atom. The summed E-state index contributed by atoms with van der Waals surface area (Å²) in [6, 6.07) is 0. The number of rotatable bonds is 2. The Morgan fingerprint density at radius 2 is 2.17 bits per heavy atom. The van der Waals surface area contributed by atoms with E-state index >= 15 is 0 Å². The van der Waals surface area contributed by atoms with Crippen LogP contribution in [0.3, 0.4) is 0 Å². The second kappa shape index (κ2) is 4.06. The maximum atomic E-state index is 11.6. The third-order valence-electron chi connectivity index (χ3n) is 1.00. The van der Waals surface area contributed by atoms with Crippen LogP contribution in [0, 0.1) is 0 Å². The van der Waals surface area contributed by atoms with E-state index in [1.165, 1.54) is 0 Å². The Morgan fingerprint density at radius 1 is 1.42 bits per heavy atom. The van der Waals surface area contributed by atoms with Gasteiger partial charge < -0.3 is 4.74 Å². The van der Waals surface area contributed by atoms with Crippen molar-refractivity contribution in [3.63, 3.8) is 0 Å². The molecule has 68 valence electrons. The molecule has 0 atom stereocenters. The Hall–Kier alpha value is -0.330. The molecular formula is C7H6F3IO. The number of allylic oxidation sites excluding steroid dienone is 2. The molecule has 1 heterocycles. The van der Waals surface area contributed by atoms with E-state index in [4.69, 9.17) is 0 Å². The fourth-order valence-electron chi connectivity index (χ4n) is 0.556. The van der Waals surface area contributed by atoms with Gasteiger partial charge in [-0.3, -0.25) is 0 Å². The Bertz CT molecular complexity index is 240. The molecule has 1 aliphatic heterocycles. The monoisotopic (exact) mass is 290 g/mol. The van der Waals surface area contributed by atoms with Crippen LogP contribution in [0.25, 0.3) is 0 Å². The van der Waals surface area contributed by atoms with E-state index in [1.807, 2.05) is 8.09 Å². The summed E-state index contributed by atoms with van der Waals surface area (Å²) in [6.07, 6.45) is -1.08. The third-order valence-corrected chi connectivity index (χ3v) is 2.55. The molecule has 0 amide bonds. The summed E-state index contributed by atoms with van der Waals surface area (Å²) in [7, 11) is 0. The topological polar surface area (TPSA) is 9.23 Å². The fourth-order valence-corrected chi connectivity index (χ4v) is 1.92. The largest absolute Gasteiger partial charge is 0.484 e. The number of hydrogen-bond donors (Lipinski definition) is 0. The van der Waals surface area contributed by atoms with Crippen molar-refractivity contribution in [2.24, 2.45) is 0 Å². The molecule has 1 nitrogen and oxygen atoms in total. The van der Waals surface area contributed by atoms with E-state index in [1.54, 1.807) is 12.2 Å². The van der Waals surface area contributed by atoms with Gasteiger partial charge in [-0.25, -0.2) is 0 Å². The standard InChI is InChI=1S/C7H6F3IO/c8-7(9,10)5-12-6-1-3-11-4-2-6/h1-4H,5H2. The molecule has 1 aliphatic rings. The van der Waals surface area contributed by atoms with Gasteiger partial charge in [-0.2, -0.15) is 13.2 Å². The lowest BCUT2D eigenvalue weighted by Crippen LogP contribution is -2.16. The summed E-state index contributed by atoms with van der Waals surface area (Å²) in [4.78, 5) is 0. The SMILES string of the molecule is FC(F)(F)COC1=CC=IC=C1. The second-order valence-electron chi connectivity index (χ2n) is 2.02. The molecule has 0 N–H and O–H groups in total. The zero-order chi connectivity index (χ0) is 9.03. The van der Waals surface area contributed by atoms with Crippen LogP contribution in [-0.4, -0.2) is 16.8 Å². The third kappa shape index (κ3) is 3.89. The van der Waals surface area contributed by atoms with Crippen molar-refractivity contribution in [1.82, 2.24) is 0 Å². The molecule has 0 aromatic rings. The lowest BCUT2D eigenvalue weighted by Gasteiger charge is -2.09. The lowest BCUT2D eigenvalue weighted by atomic mass is 10.4. The van der Waals surface area contributed by atoms with Crippen molar-refractivity contribution in [2.75, 3.05) is 6.61 Å². The maximum Gasteiger partial charge on any atom is 0.422 e. The van der Waals surface area contributed by atoms with E-state index in [9.17, 15) is 13.2 Å². The lowest BCUT2D eigenvalue weighted by molar-refractivity contribution is -0.163. The van der Waals surface area contributed by atoms with Crippen LogP contribution in [0.15, 0.2) is 22.0 Å². The minimum Gasteiger partial charge on any atom is -0.484 e. The fraction of sp³-hybridized carbons (Fsp3) is 0.286. The molecule has 5 heteroatoms. The first-order valence-corrected chi connectivity index (χ1v) is 5.59. The highest BCUT2D eigenvalue weighted by molar-refractivity contribution is 14.2. The molecule has 0 saturated carbocycles. The smallest absolute Gasteiger partial charge is 0.422 e. The first-order chi connectivity index (χ1) is 5.58. The molecule has 0 unspecified atom stereocenters. The van der Waals surface area contributed by atoms with Gasteiger partial charge in [0.15, 0.2) is 6.61 Å². The average Bonchev–Trinajstić information content (AvgIpc) is 2.02. The van der Waals surface area contributed by atoms with Crippen LogP contribution >= 0.6 is 20.7 Å².